The first-order chi connectivity index (χ1) is 13.1. The zero-order chi connectivity index (χ0) is 19.4. The average Bonchev–Trinajstić information content (AvgIpc) is 2.72. The van der Waals surface area contributed by atoms with Crippen LogP contribution in [0.1, 0.15) is 5.56 Å². The van der Waals surface area contributed by atoms with Crippen LogP contribution in [0.15, 0.2) is 48.5 Å². The molecule has 0 fully saturated rings. The first kappa shape index (κ1) is 18.6. The second kappa shape index (κ2) is 8.04. The molecule has 3 aromatic carbocycles. The van der Waals surface area contributed by atoms with Gasteiger partial charge in [-0.1, -0.05) is 24.3 Å². The fraction of sp³-hybridized carbons (Fsp3) is 0.217. The summed E-state index contributed by atoms with van der Waals surface area (Å²) in [4.78, 5) is 0. The van der Waals surface area contributed by atoms with Crippen LogP contribution in [0.2, 0.25) is 0 Å². The fourth-order valence-corrected chi connectivity index (χ4v) is 3.12. The molecule has 0 aliphatic heterocycles. The van der Waals surface area contributed by atoms with Crippen molar-refractivity contribution in [1.82, 2.24) is 0 Å². The molecule has 27 heavy (non-hydrogen) atoms. The van der Waals surface area contributed by atoms with Gasteiger partial charge in [0.25, 0.3) is 0 Å². The van der Waals surface area contributed by atoms with E-state index < -0.39 is 0 Å². The largest absolute Gasteiger partial charge is 0.496 e. The Morgan fingerprint density at radius 3 is 1.74 bits per heavy atom. The lowest BCUT2D eigenvalue weighted by Crippen LogP contribution is -1.96. The van der Waals surface area contributed by atoms with E-state index in [9.17, 15) is 0 Å². The Kier molecular flexibility index (Phi) is 5.55. The van der Waals surface area contributed by atoms with Crippen LogP contribution in [0, 0.1) is 13.0 Å². The van der Waals surface area contributed by atoms with Crippen LogP contribution in [0.4, 0.5) is 0 Å². The zero-order valence-electron chi connectivity index (χ0n) is 16.3. The third kappa shape index (κ3) is 3.70. The van der Waals surface area contributed by atoms with Gasteiger partial charge in [-0.15, -0.1) is 0 Å². The van der Waals surface area contributed by atoms with Gasteiger partial charge in [0.15, 0.2) is 11.5 Å². The molecule has 4 heteroatoms. The predicted molar refractivity (Wildman–Crippen MR) is 107 cm³/mol. The molecule has 0 aliphatic rings. The highest BCUT2D eigenvalue weighted by Gasteiger charge is 2.17. The van der Waals surface area contributed by atoms with Crippen LogP contribution in [0.25, 0.3) is 22.3 Å². The van der Waals surface area contributed by atoms with E-state index in [1.807, 2.05) is 49.4 Å². The summed E-state index contributed by atoms with van der Waals surface area (Å²) in [7, 11) is 6.56. The van der Waals surface area contributed by atoms with Crippen LogP contribution in [0.5, 0.6) is 23.0 Å². The maximum atomic E-state index is 5.70. The third-order valence-electron chi connectivity index (χ3n) is 4.46. The molecule has 0 N–H and O–H groups in total. The number of hydrogen-bond acceptors (Lipinski definition) is 4. The first-order valence-electron chi connectivity index (χ1n) is 8.58. The SMILES string of the molecule is COc1ccc(-c2c(OC)cc(-c3cc[c]c(C)c3)cc2OC)cc1OC. The van der Waals surface area contributed by atoms with Crippen molar-refractivity contribution in [2.75, 3.05) is 28.4 Å². The highest BCUT2D eigenvalue weighted by atomic mass is 16.5. The van der Waals surface area contributed by atoms with Gasteiger partial charge in [0.1, 0.15) is 11.5 Å². The monoisotopic (exact) mass is 363 g/mol. The summed E-state index contributed by atoms with van der Waals surface area (Å²) in [6, 6.07) is 19.0. The second-order valence-corrected chi connectivity index (χ2v) is 6.09. The lowest BCUT2D eigenvalue weighted by Gasteiger charge is -2.17. The third-order valence-corrected chi connectivity index (χ3v) is 4.46. The Morgan fingerprint density at radius 1 is 0.593 bits per heavy atom. The molecule has 139 valence electrons. The molecule has 0 saturated heterocycles. The smallest absolute Gasteiger partial charge is 0.161 e. The van der Waals surface area contributed by atoms with Crippen LogP contribution in [-0.2, 0) is 0 Å². The van der Waals surface area contributed by atoms with E-state index in [1.165, 1.54) is 0 Å². The zero-order valence-corrected chi connectivity index (χ0v) is 16.3. The normalized spacial score (nSPS) is 10.4. The number of benzene rings is 3. The Labute approximate surface area is 160 Å². The quantitative estimate of drug-likeness (QED) is 0.606. The van der Waals surface area contributed by atoms with Gasteiger partial charge in [-0.2, -0.15) is 0 Å². The van der Waals surface area contributed by atoms with Crippen molar-refractivity contribution in [2.24, 2.45) is 0 Å². The lowest BCUT2D eigenvalue weighted by molar-refractivity contribution is 0.355. The predicted octanol–water partition coefficient (Wildman–Crippen LogP) is 5.16. The van der Waals surface area contributed by atoms with Crippen molar-refractivity contribution in [2.45, 2.75) is 6.92 Å². The summed E-state index contributed by atoms with van der Waals surface area (Å²) in [6.07, 6.45) is 0. The van der Waals surface area contributed by atoms with E-state index >= 15 is 0 Å². The van der Waals surface area contributed by atoms with Crippen molar-refractivity contribution in [1.29, 1.82) is 0 Å². The molecule has 0 bridgehead atoms. The molecular formula is C23H23O4. The Morgan fingerprint density at radius 2 is 1.19 bits per heavy atom. The maximum absolute atomic E-state index is 5.70. The molecule has 3 aromatic rings. The van der Waals surface area contributed by atoms with Gasteiger partial charge in [-0.3, -0.25) is 0 Å². The van der Waals surface area contributed by atoms with Crippen molar-refractivity contribution in [3.63, 3.8) is 0 Å². The molecule has 0 atom stereocenters. The van der Waals surface area contributed by atoms with E-state index in [1.54, 1.807) is 28.4 Å². The van der Waals surface area contributed by atoms with Gasteiger partial charge < -0.3 is 18.9 Å². The molecule has 3 rings (SSSR count). The highest BCUT2D eigenvalue weighted by molar-refractivity contribution is 5.83. The summed E-state index contributed by atoms with van der Waals surface area (Å²) in [5.41, 5.74) is 4.97. The van der Waals surface area contributed by atoms with Gasteiger partial charge in [-0.25, -0.2) is 0 Å². The molecule has 0 aliphatic carbocycles. The van der Waals surface area contributed by atoms with E-state index in [2.05, 4.69) is 12.1 Å². The minimum absolute atomic E-state index is 0.650. The summed E-state index contributed by atoms with van der Waals surface area (Å²) in [5.74, 6) is 2.77. The van der Waals surface area contributed by atoms with Gasteiger partial charge in [0.2, 0.25) is 0 Å². The summed E-state index contributed by atoms with van der Waals surface area (Å²) in [6.45, 7) is 2.02. The van der Waals surface area contributed by atoms with Crippen LogP contribution in [0.3, 0.4) is 0 Å². The molecule has 0 spiro atoms. The summed E-state index contributed by atoms with van der Waals surface area (Å²) >= 11 is 0. The molecule has 4 nitrogen and oxygen atoms in total. The average molecular weight is 363 g/mol. The van der Waals surface area contributed by atoms with Crippen LogP contribution >= 0.6 is 0 Å². The first-order valence-corrected chi connectivity index (χ1v) is 8.58. The topological polar surface area (TPSA) is 36.9 Å². The fourth-order valence-electron chi connectivity index (χ4n) is 3.12. The standard InChI is InChI=1S/C23H23O4/c1-15-7-6-8-16(11-15)18-13-21(26-4)23(22(14-18)27-5)17-9-10-19(24-2)20(12-17)25-3/h6,8-14H,1-5H3. The Balaban J connectivity index is 2.19. The second-order valence-electron chi connectivity index (χ2n) is 6.09. The molecule has 1 radical (unpaired) electrons. The molecule has 0 amide bonds. The molecule has 0 heterocycles. The van der Waals surface area contributed by atoms with Gasteiger partial charge in [0.05, 0.1) is 34.0 Å². The Hall–Kier alpha value is -3.14. The van der Waals surface area contributed by atoms with Gasteiger partial charge in [-0.05, 0) is 59.5 Å². The lowest BCUT2D eigenvalue weighted by atomic mass is 9.97. The van der Waals surface area contributed by atoms with Crippen molar-refractivity contribution in [3.05, 3.63) is 60.2 Å². The van der Waals surface area contributed by atoms with Gasteiger partial charge >= 0.3 is 0 Å². The minimum Gasteiger partial charge on any atom is -0.496 e. The number of rotatable bonds is 6. The van der Waals surface area contributed by atoms with E-state index in [-0.39, 0.29) is 0 Å². The van der Waals surface area contributed by atoms with Gasteiger partial charge in [0, 0.05) is 0 Å². The minimum atomic E-state index is 0.650. The highest BCUT2D eigenvalue weighted by Crippen LogP contribution is 2.44. The number of aryl methyl sites for hydroxylation is 1. The number of methoxy groups -OCH3 is 4. The van der Waals surface area contributed by atoms with E-state index in [0.717, 1.165) is 39.3 Å². The van der Waals surface area contributed by atoms with E-state index in [4.69, 9.17) is 18.9 Å². The van der Waals surface area contributed by atoms with Crippen molar-refractivity contribution in [3.8, 4) is 45.3 Å². The number of ether oxygens (including phenoxy) is 4. The van der Waals surface area contributed by atoms with Crippen LogP contribution < -0.4 is 18.9 Å². The van der Waals surface area contributed by atoms with Crippen LogP contribution in [-0.4, -0.2) is 28.4 Å². The molecule has 0 saturated carbocycles. The Bertz CT molecular complexity index is 922. The maximum Gasteiger partial charge on any atom is 0.161 e. The molecule has 0 unspecified atom stereocenters. The molecular weight excluding hydrogens is 340 g/mol. The van der Waals surface area contributed by atoms with Crippen molar-refractivity contribution < 1.29 is 18.9 Å². The van der Waals surface area contributed by atoms with E-state index in [0.29, 0.717) is 11.5 Å². The summed E-state index contributed by atoms with van der Waals surface area (Å²) in [5, 5.41) is 0. The summed E-state index contributed by atoms with van der Waals surface area (Å²) < 4.78 is 22.2. The molecule has 0 aromatic heterocycles. The number of hydrogen-bond donors (Lipinski definition) is 0. The van der Waals surface area contributed by atoms with Crippen molar-refractivity contribution >= 4 is 0 Å².